The van der Waals surface area contributed by atoms with Crippen LogP contribution in [0, 0.1) is 0 Å². The van der Waals surface area contributed by atoms with Crippen LogP contribution in [0.5, 0.6) is 0 Å². The molecule has 2 rings (SSSR count). The summed E-state index contributed by atoms with van der Waals surface area (Å²) >= 11 is 1.42. The molecule has 0 unspecified atom stereocenters. The molecule has 17 heavy (non-hydrogen) atoms. The summed E-state index contributed by atoms with van der Waals surface area (Å²) in [5, 5.41) is 10.6. The van der Waals surface area contributed by atoms with Gasteiger partial charge in [0.2, 0.25) is 0 Å². The van der Waals surface area contributed by atoms with E-state index in [1.807, 2.05) is 0 Å². The minimum Gasteiger partial charge on any atom is -0.477 e. The molecule has 0 amide bonds. The first kappa shape index (κ1) is 12.4. The fourth-order valence-electron chi connectivity index (χ4n) is 2.22. The second-order valence-corrected chi connectivity index (χ2v) is 5.38. The van der Waals surface area contributed by atoms with Crippen LogP contribution < -0.4 is 4.80 Å². The number of rotatable bonds is 2. The molecule has 1 fully saturated rings. The molecule has 0 atom stereocenters. The molecule has 1 aliphatic carbocycles. The second kappa shape index (κ2) is 5.49. The van der Waals surface area contributed by atoms with E-state index in [1.165, 1.54) is 37.0 Å². The Morgan fingerprint density at radius 3 is 2.59 bits per heavy atom. The highest BCUT2D eigenvalue weighted by atomic mass is 32.1. The largest absolute Gasteiger partial charge is 0.477 e. The van der Waals surface area contributed by atoms with Crippen molar-refractivity contribution in [3.05, 3.63) is 15.9 Å². The van der Waals surface area contributed by atoms with Gasteiger partial charge in [-0.1, -0.05) is 25.7 Å². The Morgan fingerprint density at radius 2 is 2.06 bits per heavy atom. The predicted octanol–water partition coefficient (Wildman–Crippen LogP) is 2.41. The predicted molar refractivity (Wildman–Crippen MR) is 67.3 cm³/mol. The molecular weight excluding hydrogens is 236 g/mol. The van der Waals surface area contributed by atoms with Crippen LogP contribution >= 0.6 is 11.3 Å². The first-order valence-electron chi connectivity index (χ1n) is 6.10. The zero-order valence-corrected chi connectivity index (χ0v) is 10.9. The van der Waals surface area contributed by atoms with Crippen molar-refractivity contribution in [2.75, 3.05) is 0 Å². The highest BCUT2D eigenvalue weighted by Gasteiger charge is 2.13. The summed E-state index contributed by atoms with van der Waals surface area (Å²) in [6.07, 6.45) is 7.39. The number of aromatic nitrogens is 1. The van der Waals surface area contributed by atoms with E-state index in [0.717, 1.165) is 17.6 Å². The summed E-state index contributed by atoms with van der Waals surface area (Å²) in [6.45, 7) is 0. The molecule has 0 aliphatic heterocycles. The highest BCUT2D eigenvalue weighted by molar-refractivity contribution is 7.07. The van der Waals surface area contributed by atoms with Crippen molar-refractivity contribution in [2.45, 2.75) is 44.6 Å². The number of hydrogen-bond donors (Lipinski definition) is 1. The Kier molecular flexibility index (Phi) is 3.99. The molecule has 4 nitrogen and oxygen atoms in total. The van der Waals surface area contributed by atoms with Gasteiger partial charge in [-0.2, -0.15) is 0 Å². The van der Waals surface area contributed by atoms with Crippen molar-refractivity contribution >= 4 is 17.3 Å². The fourth-order valence-corrected chi connectivity index (χ4v) is 3.17. The smallest absolute Gasteiger partial charge is 0.353 e. The first-order chi connectivity index (χ1) is 8.18. The second-order valence-electron chi connectivity index (χ2n) is 4.54. The van der Waals surface area contributed by atoms with E-state index in [1.54, 1.807) is 17.0 Å². The Labute approximate surface area is 105 Å². The standard InChI is InChI=1S/C12H18N2O2S/c1-14-10(11(15)16)8-17-12(14)13-9-6-4-2-3-5-7-9/h8-9H,2-7H2,1H3,(H,15,16). The van der Waals surface area contributed by atoms with Gasteiger partial charge in [0.1, 0.15) is 5.69 Å². The molecule has 0 radical (unpaired) electrons. The van der Waals surface area contributed by atoms with Crippen LogP contribution in [0.3, 0.4) is 0 Å². The molecule has 1 saturated carbocycles. The van der Waals surface area contributed by atoms with E-state index >= 15 is 0 Å². The molecule has 0 aromatic carbocycles. The normalized spacial score (nSPS) is 19.2. The maximum absolute atomic E-state index is 10.9. The van der Waals surface area contributed by atoms with Crippen molar-refractivity contribution in [1.29, 1.82) is 0 Å². The third-order valence-corrected chi connectivity index (χ3v) is 4.19. The van der Waals surface area contributed by atoms with Gasteiger partial charge in [-0.05, 0) is 12.8 Å². The van der Waals surface area contributed by atoms with Gasteiger partial charge in [0.25, 0.3) is 0 Å². The molecule has 1 N–H and O–H groups in total. The first-order valence-corrected chi connectivity index (χ1v) is 6.98. The summed E-state index contributed by atoms with van der Waals surface area (Å²) in [6, 6.07) is 0.379. The summed E-state index contributed by atoms with van der Waals surface area (Å²) < 4.78 is 1.68. The van der Waals surface area contributed by atoms with E-state index < -0.39 is 5.97 Å². The Morgan fingerprint density at radius 1 is 1.41 bits per heavy atom. The summed E-state index contributed by atoms with van der Waals surface area (Å²) in [5.41, 5.74) is 0.322. The van der Waals surface area contributed by atoms with Crippen LogP contribution in [0.15, 0.2) is 10.4 Å². The molecule has 5 heteroatoms. The van der Waals surface area contributed by atoms with E-state index in [-0.39, 0.29) is 0 Å². The van der Waals surface area contributed by atoms with E-state index in [0.29, 0.717) is 11.7 Å². The van der Waals surface area contributed by atoms with Gasteiger partial charge >= 0.3 is 5.97 Å². The molecule has 0 spiro atoms. The molecule has 94 valence electrons. The van der Waals surface area contributed by atoms with Gasteiger partial charge in [-0.25, -0.2) is 4.79 Å². The van der Waals surface area contributed by atoms with Gasteiger partial charge < -0.3 is 9.67 Å². The molecular formula is C12H18N2O2S. The number of thiazole rings is 1. The molecule has 0 saturated heterocycles. The van der Waals surface area contributed by atoms with Gasteiger partial charge in [-0.3, -0.25) is 4.99 Å². The number of carboxylic acids is 1. The van der Waals surface area contributed by atoms with Crippen molar-refractivity contribution in [2.24, 2.45) is 12.0 Å². The molecule has 1 aromatic heterocycles. The third kappa shape index (κ3) is 2.97. The highest BCUT2D eigenvalue weighted by Crippen LogP contribution is 2.19. The van der Waals surface area contributed by atoms with Crippen LogP contribution in [-0.4, -0.2) is 21.7 Å². The lowest BCUT2D eigenvalue weighted by atomic mass is 10.1. The molecule has 1 heterocycles. The van der Waals surface area contributed by atoms with E-state index in [4.69, 9.17) is 10.1 Å². The summed E-state index contributed by atoms with van der Waals surface area (Å²) in [5.74, 6) is -0.883. The van der Waals surface area contributed by atoms with Gasteiger partial charge in [-0.15, -0.1) is 11.3 Å². The maximum atomic E-state index is 10.9. The van der Waals surface area contributed by atoms with Crippen LogP contribution in [0.4, 0.5) is 0 Å². The number of hydrogen-bond acceptors (Lipinski definition) is 3. The quantitative estimate of drug-likeness (QED) is 0.824. The minimum atomic E-state index is -0.883. The lowest BCUT2D eigenvalue weighted by Gasteiger charge is -2.07. The number of aromatic carboxylic acids is 1. The van der Waals surface area contributed by atoms with Crippen molar-refractivity contribution in [1.82, 2.24) is 4.57 Å². The lowest BCUT2D eigenvalue weighted by Crippen LogP contribution is -2.19. The zero-order chi connectivity index (χ0) is 12.3. The average Bonchev–Trinajstić information content (AvgIpc) is 2.52. The van der Waals surface area contributed by atoms with E-state index in [2.05, 4.69) is 0 Å². The number of nitrogens with zero attached hydrogens (tertiary/aromatic N) is 2. The Bertz CT molecular complexity index is 453. The average molecular weight is 254 g/mol. The van der Waals surface area contributed by atoms with Gasteiger partial charge in [0.15, 0.2) is 4.80 Å². The van der Waals surface area contributed by atoms with Crippen LogP contribution in [0.2, 0.25) is 0 Å². The monoisotopic (exact) mass is 254 g/mol. The van der Waals surface area contributed by atoms with E-state index in [9.17, 15) is 4.79 Å². The molecule has 1 aromatic rings. The fraction of sp³-hybridized carbons (Fsp3) is 0.667. The summed E-state index contributed by atoms with van der Waals surface area (Å²) in [4.78, 5) is 16.5. The Hall–Kier alpha value is -1.10. The zero-order valence-electron chi connectivity index (χ0n) is 10.1. The molecule has 1 aliphatic rings. The third-order valence-electron chi connectivity index (χ3n) is 3.26. The van der Waals surface area contributed by atoms with Crippen LogP contribution in [-0.2, 0) is 7.05 Å². The van der Waals surface area contributed by atoms with Crippen molar-refractivity contribution in [3.8, 4) is 0 Å². The van der Waals surface area contributed by atoms with Crippen molar-refractivity contribution < 1.29 is 9.90 Å². The topological polar surface area (TPSA) is 54.6 Å². The summed E-state index contributed by atoms with van der Waals surface area (Å²) in [7, 11) is 1.77. The van der Waals surface area contributed by atoms with Gasteiger partial charge in [0, 0.05) is 12.4 Å². The number of carbonyl (C=O) groups is 1. The lowest BCUT2D eigenvalue weighted by molar-refractivity contribution is 0.0686. The van der Waals surface area contributed by atoms with Crippen LogP contribution in [0.25, 0.3) is 0 Å². The number of carboxylic acid groups (broad SMARTS) is 1. The minimum absolute atomic E-state index is 0.322. The molecule has 0 bridgehead atoms. The van der Waals surface area contributed by atoms with Gasteiger partial charge in [0.05, 0.1) is 6.04 Å². The maximum Gasteiger partial charge on any atom is 0.353 e. The van der Waals surface area contributed by atoms with Crippen LogP contribution in [0.1, 0.15) is 49.0 Å². The Balaban J connectivity index is 2.23. The van der Waals surface area contributed by atoms with Crippen molar-refractivity contribution in [3.63, 3.8) is 0 Å². The SMILES string of the molecule is Cn1c(C(=O)O)csc1=NC1CCCCCC1.